The molecule has 6 heteroatoms. The monoisotopic (exact) mass is 330 g/mol. The van der Waals surface area contributed by atoms with Crippen LogP contribution in [0.4, 0.5) is 5.69 Å². The van der Waals surface area contributed by atoms with Crippen LogP contribution in [-0.4, -0.2) is 29.4 Å². The lowest BCUT2D eigenvalue weighted by atomic mass is 10.2. The average Bonchev–Trinajstić information content (AvgIpc) is 2.80. The Labute approximate surface area is 139 Å². The van der Waals surface area contributed by atoms with E-state index in [9.17, 15) is 4.79 Å². The van der Waals surface area contributed by atoms with E-state index in [0.29, 0.717) is 24.7 Å². The van der Waals surface area contributed by atoms with E-state index in [1.54, 1.807) is 12.3 Å². The Morgan fingerprint density at radius 3 is 2.83 bits per heavy atom. The predicted octanol–water partition coefficient (Wildman–Crippen LogP) is 3.36. The molecular formula is C17H18N2O3S. The molecular weight excluding hydrogens is 312 g/mol. The first-order valence-electron chi connectivity index (χ1n) is 7.50. The Bertz CT molecular complexity index is 679. The van der Waals surface area contributed by atoms with Crippen LogP contribution in [0.5, 0.6) is 11.5 Å². The lowest BCUT2D eigenvalue weighted by Gasteiger charge is -2.13. The van der Waals surface area contributed by atoms with Crippen LogP contribution in [0.1, 0.15) is 13.3 Å². The first kappa shape index (κ1) is 15.7. The van der Waals surface area contributed by atoms with Crippen LogP contribution < -0.4 is 14.8 Å². The topological polar surface area (TPSA) is 60.5 Å². The summed E-state index contributed by atoms with van der Waals surface area (Å²) in [6.07, 6.45) is 2.57. The highest BCUT2D eigenvalue weighted by atomic mass is 32.2. The van der Waals surface area contributed by atoms with Crippen molar-refractivity contribution >= 4 is 23.4 Å². The van der Waals surface area contributed by atoms with Crippen LogP contribution in [0, 0.1) is 0 Å². The quantitative estimate of drug-likeness (QED) is 0.871. The van der Waals surface area contributed by atoms with Crippen LogP contribution in [-0.2, 0) is 4.79 Å². The number of hydrogen-bond acceptors (Lipinski definition) is 5. The van der Waals surface area contributed by atoms with Gasteiger partial charge in [-0.15, -0.1) is 0 Å². The molecule has 0 radical (unpaired) electrons. The third-order valence-corrected chi connectivity index (χ3v) is 4.37. The zero-order valence-electron chi connectivity index (χ0n) is 12.8. The summed E-state index contributed by atoms with van der Waals surface area (Å²) in [5.41, 5.74) is 0.702. The lowest BCUT2D eigenvalue weighted by Crippen LogP contribution is -2.22. The molecule has 0 fully saturated rings. The van der Waals surface area contributed by atoms with Gasteiger partial charge in [0.1, 0.15) is 0 Å². The second-order valence-corrected chi connectivity index (χ2v) is 6.49. The summed E-state index contributed by atoms with van der Waals surface area (Å²) in [5.74, 6) is 1.32. The van der Waals surface area contributed by atoms with E-state index in [2.05, 4.69) is 10.3 Å². The van der Waals surface area contributed by atoms with E-state index < -0.39 is 0 Å². The SMILES string of the molecule is C[C@H](Sc1ccccn1)C(=O)Nc1ccc2c(c1)OCCCO2. The first-order chi connectivity index (χ1) is 11.2. The van der Waals surface area contributed by atoms with Gasteiger partial charge in [-0.1, -0.05) is 17.8 Å². The van der Waals surface area contributed by atoms with Crippen LogP contribution in [0.3, 0.4) is 0 Å². The minimum absolute atomic E-state index is 0.0739. The van der Waals surface area contributed by atoms with Gasteiger partial charge in [-0.05, 0) is 31.2 Å². The fraction of sp³-hybridized carbons (Fsp3) is 0.294. The number of aromatic nitrogens is 1. The Morgan fingerprint density at radius 1 is 1.22 bits per heavy atom. The fourth-order valence-corrected chi connectivity index (χ4v) is 2.94. The second-order valence-electron chi connectivity index (χ2n) is 5.13. The predicted molar refractivity (Wildman–Crippen MR) is 90.2 cm³/mol. The molecule has 120 valence electrons. The number of pyridine rings is 1. The zero-order chi connectivity index (χ0) is 16.1. The second kappa shape index (κ2) is 7.37. The van der Waals surface area contributed by atoms with E-state index in [-0.39, 0.29) is 11.2 Å². The van der Waals surface area contributed by atoms with Gasteiger partial charge in [0.15, 0.2) is 11.5 Å². The van der Waals surface area contributed by atoms with Gasteiger partial charge in [0.05, 0.1) is 23.5 Å². The van der Waals surface area contributed by atoms with Crippen molar-refractivity contribution in [1.82, 2.24) is 4.98 Å². The number of carbonyl (C=O) groups is 1. The maximum atomic E-state index is 12.3. The number of thioether (sulfide) groups is 1. The summed E-state index contributed by atoms with van der Waals surface area (Å²) in [7, 11) is 0. The maximum Gasteiger partial charge on any atom is 0.237 e. The molecule has 2 aromatic rings. The highest BCUT2D eigenvalue weighted by Crippen LogP contribution is 2.32. The van der Waals surface area contributed by atoms with Gasteiger partial charge in [-0.25, -0.2) is 4.98 Å². The molecule has 1 aliphatic rings. The van der Waals surface area contributed by atoms with Gasteiger partial charge in [-0.2, -0.15) is 0 Å². The van der Waals surface area contributed by atoms with Crippen molar-refractivity contribution in [2.45, 2.75) is 23.6 Å². The molecule has 3 rings (SSSR count). The number of amides is 1. The standard InChI is InChI=1S/C17H18N2O3S/c1-12(23-16-5-2-3-8-18-16)17(20)19-13-6-7-14-15(11-13)22-10-4-9-21-14/h2-3,5-8,11-12H,4,9-10H2,1H3,(H,19,20)/t12-/m0/s1. The van der Waals surface area contributed by atoms with Gasteiger partial charge < -0.3 is 14.8 Å². The summed E-state index contributed by atoms with van der Waals surface area (Å²) < 4.78 is 11.2. The average molecular weight is 330 g/mol. The summed E-state index contributed by atoms with van der Waals surface area (Å²) in [5, 5.41) is 3.49. The van der Waals surface area contributed by atoms with Gasteiger partial charge in [-0.3, -0.25) is 4.79 Å². The van der Waals surface area contributed by atoms with Crippen molar-refractivity contribution in [1.29, 1.82) is 0 Å². The fourth-order valence-electron chi connectivity index (χ4n) is 2.14. The molecule has 1 atom stereocenters. The van der Waals surface area contributed by atoms with E-state index >= 15 is 0 Å². The molecule has 1 aromatic heterocycles. The first-order valence-corrected chi connectivity index (χ1v) is 8.38. The molecule has 5 nitrogen and oxygen atoms in total. The van der Waals surface area contributed by atoms with Crippen molar-refractivity contribution in [2.75, 3.05) is 18.5 Å². The number of hydrogen-bond donors (Lipinski definition) is 1. The number of fused-ring (bicyclic) bond motifs is 1. The third kappa shape index (κ3) is 4.16. The minimum Gasteiger partial charge on any atom is -0.490 e. The number of benzene rings is 1. The molecule has 1 amide bonds. The largest absolute Gasteiger partial charge is 0.490 e. The molecule has 0 bridgehead atoms. The number of anilines is 1. The van der Waals surface area contributed by atoms with Crippen LogP contribution in [0.25, 0.3) is 0 Å². The molecule has 23 heavy (non-hydrogen) atoms. The molecule has 1 aromatic carbocycles. The van der Waals surface area contributed by atoms with E-state index in [1.165, 1.54) is 11.8 Å². The van der Waals surface area contributed by atoms with E-state index in [0.717, 1.165) is 17.2 Å². The zero-order valence-corrected chi connectivity index (χ0v) is 13.6. The molecule has 1 N–H and O–H groups in total. The highest BCUT2D eigenvalue weighted by molar-refractivity contribution is 8.00. The number of ether oxygens (including phenoxy) is 2. The summed E-state index contributed by atoms with van der Waals surface area (Å²) in [4.78, 5) is 16.5. The highest BCUT2D eigenvalue weighted by Gasteiger charge is 2.17. The molecule has 0 unspecified atom stereocenters. The van der Waals surface area contributed by atoms with Crippen molar-refractivity contribution in [3.05, 3.63) is 42.6 Å². The molecule has 2 heterocycles. The summed E-state index contributed by atoms with van der Waals surface area (Å²) in [6.45, 7) is 3.13. The normalized spacial score (nSPS) is 14.7. The molecule has 0 spiro atoms. The molecule has 0 saturated carbocycles. The molecule has 0 aliphatic carbocycles. The number of nitrogens with zero attached hydrogens (tertiary/aromatic N) is 1. The number of nitrogens with one attached hydrogen (secondary N) is 1. The van der Waals surface area contributed by atoms with Crippen molar-refractivity contribution in [2.24, 2.45) is 0 Å². The van der Waals surface area contributed by atoms with Crippen molar-refractivity contribution in [3.8, 4) is 11.5 Å². The summed E-state index contributed by atoms with van der Waals surface area (Å²) >= 11 is 1.42. The number of carbonyl (C=O) groups excluding carboxylic acids is 1. The van der Waals surface area contributed by atoms with Crippen LogP contribution in [0.15, 0.2) is 47.6 Å². The Hall–Kier alpha value is -2.21. The van der Waals surface area contributed by atoms with Gasteiger partial charge >= 0.3 is 0 Å². The Balaban J connectivity index is 1.64. The van der Waals surface area contributed by atoms with Crippen LogP contribution >= 0.6 is 11.8 Å². The van der Waals surface area contributed by atoms with Gasteiger partial charge in [0.25, 0.3) is 0 Å². The molecule has 1 aliphatic heterocycles. The smallest absolute Gasteiger partial charge is 0.237 e. The maximum absolute atomic E-state index is 12.3. The van der Waals surface area contributed by atoms with E-state index in [1.807, 2.05) is 37.3 Å². The Kier molecular flexibility index (Phi) is 5.02. The number of rotatable bonds is 4. The van der Waals surface area contributed by atoms with E-state index in [4.69, 9.17) is 9.47 Å². The van der Waals surface area contributed by atoms with Crippen molar-refractivity contribution < 1.29 is 14.3 Å². The third-order valence-electron chi connectivity index (χ3n) is 3.32. The van der Waals surface area contributed by atoms with Gasteiger partial charge in [0, 0.05) is 24.4 Å². The lowest BCUT2D eigenvalue weighted by molar-refractivity contribution is -0.115. The van der Waals surface area contributed by atoms with Crippen LogP contribution in [0.2, 0.25) is 0 Å². The van der Waals surface area contributed by atoms with Crippen molar-refractivity contribution in [3.63, 3.8) is 0 Å². The summed E-state index contributed by atoms with van der Waals surface area (Å²) in [6, 6.07) is 11.1. The molecule has 0 saturated heterocycles. The Morgan fingerprint density at radius 2 is 2.04 bits per heavy atom. The minimum atomic E-state index is -0.249. The van der Waals surface area contributed by atoms with Gasteiger partial charge in [0.2, 0.25) is 5.91 Å².